The van der Waals surface area contributed by atoms with Crippen molar-refractivity contribution in [3.63, 3.8) is 0 Å². The van der Waals surface area contributed by atoms with Crippen LogP contribution in [-0.2, 0) is 0 Å². The molecule has 0 atom stereocenters. The molecular formula is C16H15N3S. The SMILES string of the molecule is CSc1ccc(Nc2c(N)cnc3ccccc23)cc1. The molecule has 0 fully saturated rings. The number of para-hydroxylation sites is 1. The van der Waals surface area contributed by atoms with E-state index >= 15 is 0 Å². The van der Waals surface area contributed by atoms with Crippen molar-refractivity contribution in [3.8, 4) is 0 Å². The summed E-state index contributed by atoms with van der Waals surface area (Å²) in [5.41, 5.74) is 9.58. The van der Waals surface area contributed by atoms with E-state index in [-0.39, 0.29) is 0 Å². The van der Waals surface area contributed by atoms with Gasteiger partial charge in [-0.15, -0.1) is 11.8 Å². The number of anilines is 3. The van der Waals surface area contributed by atoms with Gasteiger partial charge in [0.25, 0.3) is 0 Å². The fourth-order valence-corrected chi connectivity index (χ4v) is 2.52. The van der Waals surface area contributed by atoms with Gasteiger partial charge in [0.15, 0.2) is 0 Å². The summed E-state index contributed by atoms with van der Waals surface area (Å²) >= 11 is 1.73. The van der Waals surface area contributed by atoms with Gasteiger partial charge in [0.2, 0.25) is 0 Å². The molecule has 20 heavy (non-hydrogen) atoms. The van der Waals surface area contributed by atoms with Crippen LogP contribution in [0.25, 0.3) is 10.9 Å². The first kappa shape index (κ1) is 12.8. The largest absolute Gasteiger partial charge is 0.396 e. The zero-order chi connectivity index (χ0) is 13.9. The molecule has 3 rings (SSSR count). The number of hydrogen-bond donors (Lipinski definition) is 2. The van der Waals surface area contributed by atoms with E-state index in [2.05, 4.69) is 40.8 Å². The molecule has 1 heterocycles. The third kappa shape index (κ3) is 2.42. The number of pyridine rings is 1. The first-order valence-electron chi connectivity index (χ1n) is 6.32. The molecule has 2 aromatic carbocycles. The monoisotopic (exact) mass is 281 g/mol. The molecule has 0 spiro atoms. The summed E-state index contributed by atoms with van der Waals surface area (Å²) in [7, 11) is 0. The van der Waals surface area contributed by atoms with E-state index in [0.717, 1.165) is 22.3 Å². The number of nitrogens with one attached hydrogen (secondary N) is 1. The van der Waals surface area contributed by atoms with Crippen LogP contribution in [0.4, 0.5) is 17.1 Å². The molecule has 0 aliphatic heterocycles. The van der Waals surface area contributed by atoms with Gasteiger partial charge in [-0.3, -0.25) is 4.98 Å². The predicted octanol–water partition coefficient (Wildman–Crippen LogP) is 4.28. The molecular weight excluding hydrogens is 266 g/mol. The Morgan fingerprint density at radius 3 is 2.55 bits per heavy atom. The van der Waals surface area contributed by atoms with Crippen molar-refractivity contribution in [2.24, 2.45) is 0 Å². The summed E-state index contributed by atoms with van der Waals surface area (Å²) in [6.07, 6.45) is 3.76. The van der Waals surface area contributed by atoms with Crippen LogP contribution in [0.5, 0.6) is 0 Å². The molecule has 0 aliphatic rings. The van der Waals surface area contributed by atoms with E-state index in [1.54, 1.807) is 18.0 Å². The number of hydrogen-bond acceptors (Lipinski definition) is 4. The van der Waals surface area contributed by atoms with E-state index in [0.29, 0.717) is 5.69 Å². The Morgan fingerprint density at radius 2 is 1.80 bits per heavy atom. The minimum absolute atomic E-state index is 0.651. The summed E-state index contributed by atoms with van der Waals surface area (Å²) in [5, 5.41) is 4.42. The molecule has 4 heteroatoms. The number of nitrogens with two attached hydrogens (primary N) is 1. The number of nitrogen functional groups attached to an aromatic ring is 1. The maximum atomic E-state index is 6.06. The summed E-state index contributed by atoms with van der Waals surface area (Å²) < 4.78 is 0. The lowest BCUT2D eigenvalue weighted by Gasteiger charge is -2.12. The lowest BCUT2D eigenvalue weighted by molar-refractivity contribution is 1.40. The third-order valence-corrected chi connectivity index (χ3v) is 3.91. The molecule has 1 aromatic heterocycles. The standard InChI is InChI=1S/C16H15N3S/c1-20-12-8-6-11(7-9-12)19-16-13-4-2-3-5-15(13)18-10-14(16)17/h2-10H,17H2,1H3,(H,18,19). The highest BCUT2D eigenvalue weighted by atomic mass is 32.2. The van der Waals surface area contributed by atoms with Crippen molar-refractivity contribution in [3.05, 3.63) is 54.7 Å². The fraction of sp³-hybridized carbons (Fsp3) is 0.0625. The maximum Gasteiger partial charge on any atom is 0.0746 e. The fourth-order valence-electron chi connectivity index (χ4n) is 2.11. The van der Waals surface area contributed by atoms with Crippen LogP contribution in [0.15, 0.2) is 59.6 Å². The number of thioether (sulfide) groups is 1. The van der Waals surface area contributed by atoms with Crippen LogP contribution >= 0.6 is 11.8 Å². The van der Waals surface area contributed by atoms with Crippen LogP contribution in [0.3, 0.4) is 0 Å². The summed E-state index contributed by atoms with van der Waals surface area (Å²) in [6, 6.07) is 16.3. The second kappa shape index (κ2) is 5.43. The molecule has 0 amide bonds. The van der Waals surface area contributed by atoms with E-state index in [4.69, 9.17) is 5.73 Å². The van der Waals surface area contributed by atoms with Crippen LogP contribution in [-0.4, -0.2) is 11.2 Å². The van der Waals surface area contributed by atoms with Crippen LogP contribution < -0.4 is 11.1 Å². The summed E-state index contributed by atoms with van der Waals surface area (Å²) in [6.45, 7) is 0. The molecule has 0 saturated carbocycles. The highest BCUT2D eigenvalue weighted by Crippen LogP contribution is 2.31. The molecule has 3 N–H and O–H groups in total. The van der Waals surface area contributed by atoms with Gasteiger partial charge < -0.3 is 11.1 Å². The second-order valence-electron chi connectivity index (χ2n) is 4.46. The zero-order valence-corrected chi connectivity index (χ0v) is 11.9. The van der Waals surface area contributed by atoms with Gasteiger partial charge in [-0.2, -0.15) is 0 Å². The predicted molar refractivity (Wildman–Crippen MR) is 87.7 cm³/mol. The summed E-state index contributed by atoms with van der Waals surface area (Å²) in [4.78, 5) is 5.58. The van der Waals surface area contributed by atoms with Crippen molar-refractivity contribution in [1.29, 1.82) is 0 Å². The Bertz CT molecular complexity index is 738. The van der Waals surface area contributed by atoms with Crippen molar-refractivity contribution >= 4 is 39.7 Å². The summed E-state index contributed by atoms with van der Waals surface area (Å²) in [5.74, 6) is 0. The molecule has 0 aliphatic carbocycles. The first-order chi connectivity index (χ1) is 9.78. The number of nitrogens with zero attached hydrogens (tertiary/aromatic N) is 1. The van der Waals surface area contributed by atoms with Crippen molar-refractivity contribution in [2.75, 3.05) is 17.3 Å². The van der Waals surface area contributed by atoms with Crippen molar-refractivity contribution in [2.45, 2.75) is 4.90 Å². The van der Waals surface area contributed by atoms with Crippen molar-refractivity contribution in [1.82, 2.24) is 4.98 Å². The van der Waals surface area contributed by atoms with Crippen LogP contribution in [0.1, 0.15) is 0 Å². The molecule has 3 nitrogen and oxygen atoms in total. The number of fused-ring (bicyclic) bond motifs is 1. The quantitative estimate of drug-likeness (QED) is 0.703. The molecule has 0 bridgehead atoms. The molecule has 100 valence electrons. The molecule has 3 aromatic rings. The zero-order valence-electron chi connectivity index (χ0n) is 11.1. The average molecular weight is 281 g/mol. The first-order valence-corrected chi connectivity index (χ1v) is 7.54. The number of aromatic nitrogens is 1. The molecule has 0 unspecified atom stereocenters. The minimum atomic E-state index is 0.651. The maximum absolute atomic E-state index is 6.06. The lowest BCUT2D eigenvalue weighted by Crippen LogP contribution is -1.98. The molecule has 0 saturated heterocycles. The van der Waals surface area contributed by atoms with Gasteiger partial charge in [0.1, 0.15) is 0 Å². The highest BCUT2D eigenvalue weighted by molar-refractivity contribution is 7.98. The van der Waals surface area contributed by atoms with Crippen LogP contribution in [0, 0.1) is 0 Å². The molecule has 0 radical (unpaired) electrons. The second-order valence-corrected chi connectivity index (χ2v) is 5.34. The van der Waals surface area contributed by atoms with E-state index in [1.807, 2.05) is 24.3 Å². The Hall–Kier alpha value is -2.20. The lowest BCUT2D eigenvalue weighted by atomic mass is 10.1. The average Bonchev–Trinajstić information content (AvgIpc) is 2.51. The number of benzene rings is 2. The van der Waals surface area contributed by atoms with E-state index < -0.39 is 0 Å². The Labute approximate surface area is 122 Å². The topological polar surface area (TPSA) is 50.9 Å². The van der Waals surface area contributed by atoms with Gasteiger partial charge >= 0.3 is 0 Å². The minimum Gasteiger partial charge on any atom is -0.396 e. The van der Waals surface area contributed by atoms with Crippen LogP contribution in [0.2, 0.25) is 0 Å². The Kier molecular flexibility index (Phi) is 3.48. The van der Waals surface area contributed by atoms with Gasteiger partial charge in [-0.05, 0) is 36.6 Å². The van der Waals surface area contributed by atoms with Gasteiger partial charge in [-0.1, -0.05) is 18.2 Å². The Morgan fingerprint density at radius 1 is 1.05 bits per heavy atom. The van der Waals surface area contributed by atoms with E-state index in [1.165, 1.54) is 4.90 Å². The van der Waals surface area contributed by atoms with Gasteiger partial charge in [0, 0.05) is 16.0 Å². The van der Waals surface area contributed by atoms with Crippen molar-refractivity contribution < 1.29 is 0 Å². The third-order valence-electron chi connectivity index (χ3n) is 3.16. The normalized spacial score (nSPS) is 10.7. The van der Waals surface area contributed by atoms with Gasteiger partial charge in [-0.25, -0.2) is 0 Å². The van der Waals surface area contributed by atoms with E-state index in [9.17, 15) is 0 Å². The smallest absolute Gasteiger partial charge is 0.0746 e. The highest BCUT2D eigenvalue weighted by Gasteiger charge is 2.06. The van der Waals surface area contributed by atoms with Gasteiger partial charge in [0.05, 0.1) is 23.1 Å². The Balaban J connectivity index is 2.02. The number of rotatable bonds is 3.